The second-order valence-electron chi connectivity index (χ2n) is 10.2. The first-order valence-corrected chi connectivity index (χ1v) is 12.3. The molecule has 2 aromatic heterocycles. The number of benzene rings is 1. The molecule has 0 spiro atoms. The minimum absolute atomic E-state index is 0.0549. The number of likely N-dealkylation sites (tertiary alicyclic amines) is 1. The topological polar surface area (TPSA) is 112 Å². The summed E-state index contributed by atoms with van der Waals surface area (Å²) in [6, 6.07) is 10.5. The summed E-state index contributed by atoms with van der Waals surface area (Å²) in [5.41, 5.74) is 8.16. The van der Waals surface area contributed by atoms with Gasteiger partial charge >= 0.3 is 0 Å². The maximum atomic E-state index is 13.5. The Morgan fingerprint density at radius 2 is 1.89 bits per heavy atom. The molecule has 4 heterocycles. The van der Waals surface area contributed by atoms with Crippen LogP contribution in [0.3, 0.4) is 0 Å². The van der Waals surface area contributed by atoms with Crippen LogP contribution in [-0.2, 0) is 17.9 Å². The van der Waals surface area contributed by atoms with Gasteiger partial charge in [0.15, 0.2) is 0 Å². The third-order valence-electron chi connectivity index (χ3n) is 6.42. The molecule has 3 N–H and O–H groups in total. The van der Waals surface area contributed by atoms with Crippen LogP contribution in [0.1, 0.15) is 35.3 Å². The van der Waals surface area contributed by atoms with E-state index >= 15 is 0 Å². The van der Waals surface area contributed by atoms with Crippen LogP contribution >= 0.6 is 11.6 Å². The molecule has 1 aromatic carbocycles. The molecule has 0 unspecified atom stereocenters. The number of rotatable bonds is 6. The highest BCUT2D eigenvalue weighted by Gasteiger charge is 2.37. The predicted molar refractivity (Wildman–Crippen MR) is 141 cm³/mol. The van der Waals surface area contributed by atoms with Gasteiger partial charge in [0.05, 0.1) is 5.70 Å². The fourth-order valence-electron chi connectivity index (χ4n) is 4.55. The number of halogens is 1. The second-order valence-corrected chi connectivity index (χ2v) is 10.6. The first-order valence-electron chi connectivity index (χ1n) is 11.9. The molecular formula is C26H28ClN7O3. The molecule has 0 aliphatic carbocycles. The number of carbonyl (C=O) groups is 2. The van der Waals surface area contributed by atoms with E-state index in [2.05, 4.69) is 35.1 Å². The van der Waals surface area contributed by atoms with Crippen molar-refractivity contribution in [3.8, 4) is 0 Å². The molecule has 11 heteroatoms. The lowest BCUT2D eigenvalue weighted by molar-refractivity contribution is -0.142. The van der Waals surface area contributed by atoms with Crippen molar-refractivity contribution in [3.05, 3.63) is 80.9 Å². The van der Waals surface area contributed by atoms with Gasteiger partial charge in [0.2, 0.25) is 5.91 Å². The molecule has 2 aliphatic heterocycles. The number of fused-ring (bicyclic) bond motifs is 1. The average molecular weight is 522 g/mol. The lowest BCUT2D eigenvalue weighted by Crippen LogP contribution is -2.56. The van der Waals surface area contributed by atoms with Crippen LogP contribution in [-0.4, -0.2) is 51.4 Å². The summed E-state index contributed by atoms with van der Waals surface area (Å²) in [6.45, 7) is 5.45. The minimum Gasteiger partial charge on any atom is -0.348 e. The fourth-order valence-corrected chi connectivity index (χ4v) is 4.68. The number of nitrogens with one attached hydrogen (secondary N) is 3. The summed E-state index contributed by atoms with van der Waals surface area (Å²) >= 11 is 5.94. The molecule has 37 heavy (non-hydrogen) atoms. The van der Waals surface area contributed by atoms with Gasteiger partial charge in [0, 0.05) is 55.1 Å². The highest BCUT2D eigenvalue weighted by molar-refractivity contribution is 6.30. The standard InChI is InChI=1S/C26H28ClN7O3/c1-26(2)14-33(15-26)22(35)13-34-23-17(8-18(11-28-23)21-12-32(3)31-30-21)9-20(25(34)37)24(36)29-10-16-4-6-19(27)7-5-16/h4-9,11-12,30-31H,10,13-15H2,1-3H3,(H,29,36). The molecular weight excluding hydrogens is 494 g/mol. The number of carbonyl (C=O) groups excluding carboxylic acids is 2. The van der Waals surface area contributed by atoms with E-state index in [0.29, 0.717) is 29.1 Å². The van der Waals surface area contributed by atoms with Gasteiger partial charge in [-0.3, -0.25) is 24.0 Å². The molecule has 2 amide bonds. The number of pyridine rings is 2. The molecule has 0 radical (unpaired) electrons. The van der Waals surface area contributed by atoms with Crippen LogP contribution in [0, 0.1) is 5.41 Å². The molecule has 1 saturated heterocycles. The summed E-state index contributed by atoms with van der Waals surface area (Å²) in [5, 5.41) is 5.72. The van der Waals surface area contributed by atoms with E-state index in [0.717, 1.165) is 16.8 Å². The maximum Gasteiger partial charge on any atom is 0.265 e. The molecule has 5 rings (SSSR count). The van der Waals surface area contributed by atoms with E-state index in [1.54, 1.807) is 40.4 Å². The molecule has 192 valence electrons. The molecule has 0 bridgehead atoms. The lowest BCUT2D eigenvalue weighted by atomic mass is 9.84. The zero-order chi connectivity index (χ0) is 26.3. The van der Waals surface area contributed by atoms with Gasteiger partial charge < -0.3 is 15.6 Å². The Morgan fingerprint density at radius 3 is 2.54 bits per heavy atom. The van der Waals surface area contributed by atoms with Crippen molar-refractivity contribution in [2.75, 3.05) is 20.1 Å². The van der Waals surface area contributed by atoms with E-state index in [-0.39, 0.29) is 30.0 Å². The van der Waals surface area contributed by atoms with Gasteiger partial charge in [0.25, 0.3) is 11.5 Å². The zero-order valence-corrected chi connectivity index (χ0v) is 21.6. The molecule has 10 nitrogen and oxygen atoms in total. The highest BCUT2D eigenvalue weighted by atomic mass is 35.5. The fraction of sp³-hybridized carbons (Fsp3) is 0.308. The Labute approximate surface area is 218 Å². The highest BCUT2D eigenvalue weighted by Crippen LogP contribution is 2.29. The number of nitrogens with zero attached hydrogens (tertiary/aromatic N) is 4. The number of hydrogen-bond donors (Lipinski definition) is 3. The van der Waals surface area contributed by atoms with Crippen LogP contribution < -0.4 is 21.8 Å². The maximum absolute atomic E-state index is 13.5. The van der Waals surface area contributed by atoms with Crippen molar-refractivity contribution >= 4 is 40.1 Å². The summed E-state index contributed by atoms with van der Waals surface area (Å²) in [6.07, 6.45) is 3.49. The van der Waals surface area contributed by atoms with Gasteiger partial charge in [0.1, 0.15) is 17.8 Å². The summed E-state index contributed by atoms with van der Waals surface area (Å²) < 4.78 is 1.30. The third kappa shape index (κ3) is 5.16. The largest absolute Gasteiger partial charge is 0.348 e. The normalized spacial score (nSPS) is 16.3. The molecule has 0 atom stereocenters. The predicted octanol–water partition coefficient (Wildman–Crippen LogP) is 2.10. The first kappa shape index (κ1) is 24.8. The zero-order valence-electron chi connectivity index (χ0n) is 20.8. The number of amides is 2. The van der Waals surface area contributed by atoms with Gasteiger partial charge in [-0.25, -0.2) is 4.98 Å². The van der Waals surface area contributed by atoms with E-state index in [9.17, 15) is 14.4 Å². The summed E-state index contributed by atoms with van der Waals surface area (Å²) in [5.74, 6) is -0.712. The Balaban J connectivity index is 1.50. The van der Waals surface area contributed by atoms with Crippen LogP contribution in [0.4, 0.5) is 0 Å². The molecule has 1 fully saturated rings. The van der Waals surface area contributed by atoms with Gasteiger partial charge in [-0.2, -0.15) is 0 Å². The SMILES string of the molecule is CN1C=C(c2cnc3c(c2)cc(C(=O)NCc2ccc(Cl)cc2)c(=O)n3CC(=O)N2CC(C)(C)C2)NN1. The number of aromatic nitrogens is 2. The van der Waals surface area contributed by atoms with Crippen molar-refractivity contribution in [3.63, 3.8) is 0 Å². The molecule has 3 aromatic rings. The van der Waals surface area contributed by atoms with E-state index in [1.807, 2.05) is 19.3 Å². The van der Waals surface area contributed by atoms with Crippen molar-refractivity contribution in [1.29, 1.82) is 0 Å². The average Bonchev–Trinajstić information content (AvgIpc) is 3.29. The van der Waals surface area contributed by atoms with E-state index < -0.39 is 11.5 Å². The summed E-state index contributed by atoms with van der Waals surface area (Å²) in [4.78, 5) is 45.9. The molecule has 2 aliphatic rings. The Hall–Kier alpha value is -3.89. The van der Waals surface area contributed by atoms with Crippen molar-refractivity contribution in [1.82, 2.24) is 35.7 Å². The van der Waals surface area contributed by atoms with Gasteiger partial charge in [-0.05, 0) is 35.2 Å². The van der Waals surface area contributed by atoms with Gasteiger partial charge in [-0.15, -0.1) is 5.53 Å². The van der Waals surface area contributed by atoms with Gasteiger partial charge in [-0.1, -0.05) is 37.6 Å². The third-order valence-corrected chi connectivity index (χ3v) is 6.67. The van der Waals surface area contributed by atoms with Crippen LogP contribution in [0.15, 0.2) is 53.6 Å². The monoisotopic (exact) mass is 521 g/mol. The Kier molecular flexibility index (Phi) is 6.38. The second kappa shape index (κ2) is 9.53. The van der Waals surface area contributed by atoms with Crippen LogP contribution in [0.25, 0.3) is 16.7 Å². The van der Waals surface area contributed by atoms with Crippen LogP contribution in [0.2, 0.25) is 5.02 Å². The Morgan fingerprint density at radius 1 is 1.16 bits per heavy atom. The van der Waals surface area contributed by atoms with E-state index in [1.165, 1.54) is 10.6 Å². The van der Waals surface area contributed by atoms with Crippen molar-refractivity contribution in [2.45, 2.75) is 26.9 Å². The minimum atomic E-state index is -0.561. The number of hydrogen-bond acceptors (Lipinski definition) is 7. The van der Waals surface area contributed by atoms with Crippen molar-refractivity contribution in [2.24, 2.45) is 5.41 Å². The van der Waals surface area contributed by atoms with Crippen LogP contribution in [0.5, 0.6) is 0 Å². The quantitative estimate of drug-likeness (QED) is 0.455. The van der Waals surface area contributed by atoms with Crippen molar-refractivity contribution < 1.29 is 9.59 Å². The Bertz CT molecular complexity index is 1470. The number of hydrazine groups is 2. The molecule has 0 saturated carbocycles. The summed E-state index contributed by atoms with van der Waals surface area (Å²) in [7, 11) is 1.85. The smallest absolute Gasteiger partial charge is 0.265 e. The first-order chi connectivity index (χ1) is 17.6. The van der Waals surface area contributed by atoms with E-state index in [4.69, 9.17) is 11.6 Å². The lowest BCUT2D eigenvalue weighted by Gasteiger charge is -2.45.